The fraction of sp³-hybridized carbons (Fsp3) is 0.815. The summed E-state index contributed by atoms with van der Waals surface area (Å²) in [7, 11) is 0. The lowest BCUT2D eigenvalue weighted by Gasteiger charge is -2.60. The summed E-state index contributed by atoms with van der Waals surface area (Å²) in [5, 5.41) is 12.0. The number of ether oxygens (including phenoxy) is 1. The molecule has 0 bridgehead atoms. The predicted octanol–water partition coefficient (Wildman–Crippen LogP) is 4.89. The average Bonchev–Trinajstić information content (AvgIpc) is 3.00. The first kappa shape index (κ1) is 25.0. The molecule has 4 rings (SSSR count). The van der Waals surface area contributed by atoms with E-state index >= 15 is 0 Å². The van der Waals surface area contributed by atoms with E-state index in [9.17, 15) is 19.5 Å². The van der Waals surface area contributed by atoms with E-state index in [1.54, 1.807) is 18.7 Å². The van der Waals surface area contributed by atoms with Crippen LogP contribution in [0.2, 0.25) is 0 Å². The third-order valence-electron chi connectivity index (χ3n) is 9.63. The van der Waals surface area contributed by atoms with Crippen LogP contribution in [0.5, 0.6) is 0 Å². The SMILES string of the molecule is CC(=O)[C@@]1(OC(=O)CCSC(C)C)CC[C@H]2[C@@H]3CCC4=CC(=O)CC[C@]4(C)[C@H]3[C@@H](O)C[C@@]21C. The van der Waals surface area contributed by atoms with Crippen molar-refractivity contribution in [3.63, 3.8) is 0 Å². The van der Waals surface area contributed by atoms with E-state index in [1.165, 1.54) is 5.57 Å². The molecule has 0 saturated heterocycles. The van der Waals surface area contributed by atoms with E-state index in [4.69, 9.17) is 4.74 Å². The van der Waals surface area contributed by atoms with Gasteiger partial charge in [-0.25, -0.2) is 0 Å². The molecule has 0 aromatic carbocycles. The summed E-state index contributed by atoms with van der Waals surface area (Å²) in [5.74, 6) is 1.08. The molecule has 0 aromatic rings. The first-order valence-electron chi connectivity index (χ1n) is 12.7. The van der Waals surface area contributed by atoms with Crippen molar-refractivity contribution in [2.45, 2.75) is 103 Å². The molecule has 0 amide bonds. The van der Waals surface area contributed by atoms with Gasteiger partial charge in [-0.05, 0) is 79.9 Å². The summed E-state index contributed by atoms with van der Waals surface area (Å²) in [4.78, 5) is 38.1. The lowest BCUT2D eigenvalue weighted by Crippen LogP contribution is -2.62. The molecular formula is C27H40O5S. The van der Waals surface area contributed by atoms with Crippen LogP contribution in [0, 0.1) is 28.6 Å². The Kier molecular flexibility index (Phi) is 6.67. The number of rotatable bonds is 6. The first-order chi connectivity index (χ1) is 15.4. The van der Waals surface area contributed by atoms with E-state index in [1.807, 2.05) is 6.08 Å². The maximum Gasteiger partial charge on any atom is 0.307 e. The summed E-state index contributed by atoms with van der Waals surface area (Å²) in [5.41, 5.74) is -0.679. The number of Topliss-reactive ketones (excluding diaryl/α,β-unsaturated/α-hetero) is 1. The molecule has 4 aliphatic rings. The Bertz CT molecular complexity index is 865. The predicted molar refractivity (Wildman–Crippen MR) is 130 cm³/mol. The van der Waals surface area contributed by atoms with E-state index in [2.05, 4.69) is 27.7 Å². The summed E-state index contributed by atoms with van der Waals surface area (Å²) in [6, 6.07) is 0. The molecule has 0 radical (unpaired) electrons. The van der Waals surface area contributed by atoms with Gasteiger partial charge in [-0.2, -0.15) is 11.8 Å². The molecule has 0 heterocycles. The molecule has 5 nitrogen and oxygen atoms in total. The fourth-order valence-corrected chi connectivity index (χ4v) is 8.87. The van der Waals surface area contributed by atoms with Gasteiger partial charge in [0.15, 0.2) is 17.2 Å². The molecule has 4 aliphatic carbocycles. The minimum Gasteiger partial charge on any atom is -0.450 e. The number of aliphatic hydroxyl groups excluding tert-OH is 1. The van der Waals surface area contributed by atoms with Crippen molar-refractivity contribution in [2.75, 3.05) is 5.75 Å². The number of ketones is 2. The number of allylic oxidation sites excluding steroid dienone is 1. The first-order valence-corrected chi connectivity index (χ1v) is 13.8. The Morgan fingerprint density at radius 2 is 1.94 bits per heavy atom. The van der Waals surface area contributed by atoms with Crippen molar-refractivity contribution in [1.29, 1.82) is 0 Å². The van der Waals surface area contributed by atoms with Crippen molar-refractivity contribution in [3.8, 4) is 0 Å². The zero-order valence-electron chi connectivity index (χ0n) is 20.8. The summed E-state index contributed by atoms with van der Waals surface area (Å²) >= 11 is 1.72. The standard InChI is InChI=1S/C27H40O5S/c1-16(2)33-13-10-23(31)32-27(17(3)28)12-9-21-20-7-6-18-14-19(29)8-11-25(18,4)24(20)22(30)15-26(21,27)5/h14,16,20-22,24,30H,6-13,15H2,1-5H3/t20-,21-,22-,24+,25-,26-,27-/m0/s1. The van der Waals surface area contributed by atoms with Gasteiger partial charge in [0.05, 0.1) is 12.5 Å². The Labute approximate surface area is 202 Å². The average molecular weight is 477 g/mol. The van der Waals surface area contributed by atoms with Crippen LogP contribution >= 0.6 is 11.8 Å². The smallest absolute Gasteiger partial charge is 0.307 e. The molecule has 1 N–H and O–H groups in total. The van der Waals surface area contributed by atoms with Gasteiger partial charge in [0.25, 0.3) is 0 Å². The maximum atomic E-state index is 13.1. The summed E-state index contributed by atoms with van der Waals surface area (Å²) in [6.07, 6.45) is 6.53. The highest BCUT2D eigenvalue weighted by atomic mass is 32.2. The van der Waals surface area contributed by atoms with Crippen LogP contribution in [-0.2, 0) is 19.1 Å². The second-order valence-electron chi connectivity index (χ2n) is 11.6. The van der Waals surface area contributed by atoms with Gasteiger partial charge in [-0.1, -0.05) is 33.3 Å². The highest BCUT2D eigenvalue weighted by molar-refractivity contribution is 7.99. The number of carbonyl (C=O) groups excluding carboxylic acids is 3. The van der Waals surface area contributed by atoms with E-state index in [-0.39, 0.29) is 40.7 Å². The van der Waals surface area contributed by atoms with Crippen molar-refractivity contribution in [2.24, 2.45) is 28.6 Å². The molecule has 0 spiro atoms. The summed E-state index contributed by atoms with van der Waals surface area (Å²) in [6.45, 7) is 10.1. The number of hydrogen-bond donors (Lipinski definition) is 1. The third kappa shape index (κ3) is 3.93. The number of hydrogen-bond acceptors (Lipinski definition) is 6. The number of thioether (sulfide) groups is 1. The zero-order valence-corrected chi connectivity index (χ0v) is 21.6. The molecule has 184 valence electrons. The van der Waals surface area contributed by atoms with E-state index < -0.39 is 17.1 Å². The van der Waals surface area contributed by atoms with Crippen molar-refractivity contribution in [1.82, 2.24) is 0 Å². The minimum absolute atomic E-state index is 0.0876. The lowest BCUT2D eigenvalue weighted by molar-refractivity contribution is -0.199. The third-order valence-corrected chi connectivity index (χ3v) is 10.7. The van der Waals surface area contributed by atoms with Crippen LogP contribution in [0.4, 0.5) is 0 Å². The Hall–Kier alpha value is -1.14. The molecule has 0 aromatic heterocycles. The van der Waals surface area contributed by atoms with Gasteiger partial charge in [0.2, 0.25) is 0 Å². The van der Waals surface area contributed by atoms with Gasteiger partial charge in [0, 0.05) is 17.6 Å². The normalized spacial score (nSPS) is 42.3. The molecule has 7 atom stereocenters. The topological polar surface area (TPSA) is 80.7 Å². The Morgan fingerprint density at radius 3 is 2.61 bits per heavy atom. The molecular weight excluding hydrogens is 436 g/mol. The van der Waals surface area contributed by atoms with Crippen molar-refractivity contribution in [3.05, 3.63) is 11.6 Å². The van der Waals surface area contributed by atoms with Gasteiger partial charge in [-0.15, -0.1) is 0 Å². The Balaban J connectivity index is 1.62. The molecule has 6 heteroatoms. The van der Waals surface area contributed by atoms with Gasteiger partial charge < -0.3 is 9.84 Å². The quantitative estimate of drug-likeness (QED) is 0.550. The van der Waals surface area contributed by atoms with E-state index in [0.29, 0.717) is 36.7 Å². The number of esters is 1. The summed E-state index contributed by atoms with van der Waals surface area (Å²) < 4.78 is 6.12. The van der Waals surface area contributed by atoms with Gasteiger partial charge in [0.1, 0.15) is 0 Å². The van der Waals surface area contributed by atoms with Crippen LogP contribution in [0.25, 0.3) is 0 Å². The van der Waals surface area contributed by atoms with Crippen LogP contribution in [0.15, 0.2) is 11.6 Å². The lowest BCUT2D eigenvalue weighted by atomic mass is 9.45. The number of carbonyl (C=O) groups is 3. The van der Waals surface area contributed by atoms with Crippen molar-refractivity contribution < 1.29 is 24.2 Å². The molecule has 0 unspecified atom stereocenters. The van der Waals surface area contributed by atoms with Crippen LogP contribution in [0.1, 0.15) is 86.0 Å². The maximum absolute atomic E-state index is 13.1. The van der Waals surface area contributed by atoms with Gasteiger partial charge >= 0.3 is 5.97 Å². The van der Waals surface area contributed by atoms with Gasteiger partial charge in [-0.3, -0.25) is 14.4 Å². The monoisotopic (exact) mass is 476 g/mol. The zero-order chi connectivity index (χ0) is 24.2. The molecule has 3 saturated carbocycles. The van der Waals surface area contributed by atoms with Crippen LogP contribution < -0.4 is 0 Å². The Morgan fingerprint density at radius 1 is 1.21 bits per heavy atom. The van der Waals surface area contributed by atoms with E-state index in [0.717, 1.165) is 25.7 Å². The number of aliphatic hydroxyl groups is 1. The van der Waals surface area contributed by atoms with Crippen LogP contribution in [-0.4, -0.2) is 45.4 Å². The second-order valence-corrected chi connectivity index (χ2v) is 13.3. The van der Waals surface area contributed by atoms with Crippen molar-refractivity contribution >= 4 is 29.3 Å². The highest BCUT2D eigenvalue weighted by Gasteiger charge is 2.69. The molecule has 33 heavy (non-hydrogen) atoms. The van der Waals surface area contributed by atoms with Crippen LogP contribution in [0.3, 0.4) is 0 Å². The molecule has 0 aliphatic heterocycles. The fourth-order valence-electron chi connectivity index (χ4n) is 8.12. The number of fused-ring (bicyclic) bond motifs is 5. The second kappa shape index (κ2) is 8.82. The minimum atomic E-state index is -1.15. The highest BCUT2D eigenvalue weighted by Crippen LogP contribution is 2.68. The largest absolute Gasteiger partial charge is 0.450 e. The molecule has 3 fully saturated rings.